The summed E-state index contributed by atoms with van der Waals surface area (Å²) in [7, 11) is 0.0711. The van der Waals surface area contributed by atoms with Crippen LogP contribution in [0.1, 0.15) is 5.56 Å². The molecule has 1 aromatic carbocycles. The molecule has 0 aliphatic carbocycles. The van der Waals surface area contributed by atoms with Gasteiger partial charge in [0.25, 0.3) is 0 Å². The first kappa shape index (κ1) is 14.0. The van der Waals surface area contributed by atoms with E-state index in [9.17, 15) is 8.42 Å². The summed E-state index contributed by atoms with van der Waals surface area (Å²) >= 11 is 0. The van der Waals surface area contributed by atoms with Gasteiger partial charge in [-0.15, -0.1) is 0 Å². The number of nitrogens with one attached hydrogen (secondary N) is 2. The molecule has 0 bridgehead atoms. The van der Waals surface area contributed by atoms with Crippen molar-refractivity contribution in [3.8, 4) is 0 Å². The largest absolute Gasteiger partial charge is 0.380 e. The first-order chi connectivity index (χ1) is 8.07. The van der Waals surface area contributed by atoms with E-state index in [4.69, 9.17) is 4.74 Å². The summed E-state index contributed by atoms with van der Waals surface area (Å²) in [5.41, 5.74) is 1.58. The Kier molecular flexibility index (Phi) is 5.40. The molecule has 6 heteroatoms. The zero-order chi connectivity index (χ0) is 12.7. The summed E-state index contributed by atoms with van der Waals surface area (Å²) < 4.78 is 30.7. The molecule has 96 valence electrons. The van der Waals surface area contributed by atoms with Crippen molar-refractivity contribution in [1.82, 2.24) is 5.32 Å². The molecule has 0 aliphatic heterocycles. The number of hydrogen-bond acceptors (Lipinski definition) is 4. The molecular weight excluding hydrogens is 240 g/mol. The maximum atomic E-state index is 11.6. The van der Waals surface area contributed by atoms with Crippen LogP contribution in [0, 0.1) is 0 Å². The Morgan fingerprint density at radius 2 is 1.88 bits per heavy atom. The first-order valence-corrected chi connectivity index (χ1v) is 6.95. The number of rotatable bonds is 7. The van der Waals surface area contributed by atoms with Gasteiger partial charge in [0, 0.05) is 19.3 Å². The van der Waals surface area contributed by atoms with E-state index in [1.165, 1.54) is 0 Å². The number of benzene rings is 1. The summed E-state index contributed by atoms with van der Waals surface area (Å²) in [5, 5.41) is 2.80. The van der Waals surface area contributed by atoms with Gasteiger partial charge in [-0.1, -0.05) is 12.1 Å². The van der Waals surface area contributed by atoms with E-state index >= 15 is 0 Å². The van der Waals surface area contributed by atoms with Gasteiger partial charge in [-0.05, 0) is 24.7 Å². The standard InChI is InChI=1S/C11H18N2O3S/c1-12-7-8-17(14,15)13-11-5-3-10(4-6-11)9-16-2/h3-6,12-13H,7-9H2,1-2H3. The average Bonchev–Trinajstić information content (AvgIpc) is 2.29. The van der Waals surface area contributed by atoms with E-state index in [1.807, 2.05) is 12.1 Å². The van der Waals surface area contributed by atoms with Crippen LogP contribution in [0.2, 0.25) is 0 Å². The topological polar surface area (TPSA) is 67.4 Å². The van der Waals surface area contributed by atoms with Gasteiger partial charge in [-0.2, -0.15) is 0 Å². The molecule has 0 aliphatic rings. The molecule has 0 atom stereocenters. The molecule has 1 rings (SSSR count). The highest BCUT2D eigenvalue weighted by Crippen LogP contribution is 2.11. The van der Waals surface area contributed by atoms with E-state index in [-0.39, 0.29) is 5.75 Å². The van der Waals surface area contributed by atoms with Crippen LogP contribution in [0.5, 0.6) is 0 Å². The second-order valence-corrected chi connectivity index (χ2v) is 5.50. The van der Waals surface area contributed by atoms with Gasteiger partial charge < -0.3 is 10.1 Å². The van der Waals surface area contributed by atoms with Crippen LogP contribution in [0.25, 0.3) is 0 Å². The molecule has 0 fully saturated rings. The minimum Gasteiger partial charge on any atom is -0.380 e. The summed E-state index contributed by atoms with van der Waals surface area (Å²) in [6.07, 6.45) is 0. The molecule has 0 unspecified atom stereocenters. The zero-order valence-corrected chi connectivity index (χ0v) is 10.9. The van der Waals surface area contributed by atoms with Gasteiger partial charge in [0.2, 0.25) is 10.0 Å². The van der Waals surface area contributed by atoms with Crippen molar-refractivity contribution in [2.24, 2.45) is 0 Å². The van der Waals surface area contributed by atoms with Crippen molar-refractivity contribution >= 4 is 15.7 Å². The highest BCUT2D eigenvalue weighted by atomic mass is 32.2. The van der Waals surface area contributed by atoms with Crippen molar-refractivity contribution < 1.29 is 13.2 Å². The van der Waals surface area contributed by atoms with Crippen molar-refractivity contribution in [2.75, 3.05) is 31.2 Å². The van der Waals surface area contributed by atoms with Crippen molar-refractivity contribution in [1.29, 1.82) is 0 Å². The van der Waals surface area contributed by atoms with Crippen LogP contribution in [0.3, 0.4) is 0 Å². The van der Waals surface area contributed by atoms with Gasteiger partial charge in [-0.25, -0.2) is 8.42 Å². The quantitative estimate of drug-likeness (QED) is 0.759. The Balaban J connectivity index is 2.62. The molecule has 0 saturated carbocycles. The summed E-state index contributed by atoms with van der Waals surface area (Å²) in [6, 6.07) is 7.12. The highest BCUT2D eigenvalue weighted by molar-refractivity contribution is 7.92. The number of ether oxygens (including phenoxy) is 1. The van der Waals surface area contributed by atoms with Crippen LogP contribution in [-0.2, 0) is 21.4 Å². The van der Waals surface area contributed by atoms with Gasteiger partial charge in [0.15, 0.2) is 0 Å². The van der Waals surface area contributed by atoms with E-state index in [0.717, 1.165) is 5.56 Å². The first-order valence-electron chi connectivity index (χ1n) is 5.30. The summed E-state index contributed by atoms with van der Waals surface area (Å²) in [4.78, 5) is 0. The van der Waals surface area contributed by atoms with Crippen molar-refractivity contribution in [3.05, 3.63) is 29.8 Å². The molecule has 5 nitrogen and oxygen atoms in total. The maximum Gasteiger partial charge on any atom is 0.233 e. The fraction of sp³-hybridized carbons (Fsp3) is 0.455. The second kappa shape index (κ2) is 6.58. The van der Waals surface area contributed by atoms with E-state index in [1.54, 1.807) is 26.3 Å². The fourth-order valence-corrected chi connectivity index (χ4v) is 2.37. The molecule has 0 heterocycles. The van der Waals surface area contributed by atoms with Gasteiger partial charge in [0.05, 0.1) is 12.4 Å². The van der Waals surface area contributed by atoms with Crippen molar-refractivity contribution in [2.45, 2.75) is 6.61 Å². The SMILES string of the molecule is CNCCS(=O)(=O)Nc1ccc(COC)cc1. The summed E-state index contributed by atoms with van der Waals surface area (Å²) in [6.45, 7) is 0.948. The fourth-order valence-electron chi connectivity index (χ4n) is 1.30. The molecule has 0 spiro atoms. The Hall–Kier alpha value is -1.11. The van der Waals surface area contributed by atoms with Crippen LogP contribution in [-0.4, -0.2) is 34.9 Å². The molecule has 0 aromatic heterocycles. The minimum atomic E-state index is -3.27. The Labute approximate surface area is 102 Å². The molecule has 2 N–H and O–H groups in total. The normalized spacial score (nSPS) is 11.4. The lowest BCUT2D eigenvalue weighted by Crippen LogP contribution is -2.24. The zero-order valence-electron chi connectivity index (χ0n) is 10.1. The maximum absolute atomic E-state index is 11.6. The van der Waals surface area contributed by atoms with Crippen LogP contribution in [0.4, 0.5) is 5.69 Å². The molecular formula is C11H18N2O3S. The third-order valence-electron chi connectivity index (χ3n) is 2.16. The molecule has 17 heavy (non-hydrogen) atoms. The number of anilines is 1. The number of methoxy groups -OCH3 is 1. The molecule has 0 amide bonds. The second-order valence-electron chi connectivity index (χ2n) is 3.65. The van der Waals surface area contributed by atoms with E-state index in [2.05, 4.69) is 10.0 Å². The van der Waals surface area contributed by atoms with Crippen LogP contribution < -0.4 is 10.0 Å². The van der Waals surface area contributed by atoms with Gasteiger partial charge in [-0.3, -0.25) is 4.72 Å². The third-order valence-corrected chi connectivity index (χ3v) is 3.45. The summed E-state index contributed by atoms with van der Waals surface area (Å²) in [5.74, 6) is 0.0589. The van der Waals surface area contributed by atoms with E-state index < -0.39 is 10.0 Å². The lowest BCUT2D eigenvalue weighted by atomic mass is 10.2. The van der Waals surface area contributed by atoms with Crippen LogP contribution in [0.15, 0.2) is 24.3 Å². The monoisotopic (exact) mass is 258 g/mol. The molecule has 0 radical (unpaired) electrons. The average molecular weight is 258 g/mol. The molecule has 0 saturated heterocycles. The number of hydrogen-bond donors (Lipinski definition) is 2. The number of sulfonamides is 1. The van der Waals surface area contributed by atoms with E-state index in [0.29, 0.717) is 18.8 Å². The minimum absolute atomic E-state index is 0.0589. The Morgan fingerprint density at radius 1 is 1.24 bits per heavy atom. The smallest absolute Gasteiger partial charge is 0.233 e. The third kappa shape index (κ3) is 5.16. The van der Waals surface area contributed by atoms with Crippen molar-refractivity contribution in [3.63, 3.8) is 0 Å². The predicted molar refractivity (Wildman–Crippen MR) is 68.5 cm³/mol. The Morgan fingerprint density at radius 3 is 2.41 bits per heavy atom. The lowest BCUT2D eigenvalue weighted by Gasteiger charge is -2.08. The predicted octanol–water partition coefficient (Wildman–Crippen LogP) is 0.794. The highest BCUT2D eigenvalue weighted by Gasteiger charge is 2.08. The van der Waals surface area contributed by atoms with Crippen LogP contribution >= 0.6 is 0 Å². The molecule has 1 aromatic rings. The van der Waals surface area contributed by atoms with Gasteiger partial charge >= 0.3 is 0 Å². The lowest BCUT2D eigenvalue weighted by molar-refractivity contribution is 0.185. The van der Waals surface area contributed by atoms with Gasteiger partial charge in [0.1, 0.15) is 0 Å². The Bertz CT molecular complexity index is 429.